The van der Waals surface area contributed by atoms with E-state index in [1.807, 2.05) is 6.07 Å². The van der Waals surface area contributed by atoms with Gasteiger partial charge in [0.2, 0.25) is 0 Å². The zero-order chi connectivity index (χ0) is 22.6. The van der Waals surface area contributed by atoms with Crippen molar-refractivity contribution in [3.63, 3.8) is 0 Å². The average Bonchev–Trinajstić information content (AvgIpc) is 3.05. The highest BCUT2D eigenvalue weighted by atomic mass is 35.5. The van der Waals surface area contributed by atoms with Crippen molar-refractivity contribution in [3.8, 4) is 11.1 Å². The summed E-state index contributed by atoms with van der Waals surface area (Å²) >= 11 is 13.0. The predicted octanol–water partition coefficient (Wildman–Crippen LogP) is 8.36. The minimum Gasteiger partial charge on any atom is -0.416 e. The third-order valence-corrected chi connectivity index (χ3v) is 7.49. The molecule has 0 saturated carbocycles. The number of rotatable bonds is 11. The molecule has 170 valence electrons. The lowest BCUT2D eigenvalue weighted by Gasteiger charge is -2.35. The Morgan fingerprint density at radius 1 is 0.935 bits per heavy atom. The first-order chi connectivity index (χ1) is 14.7. The maximum Gasteiger partial charge on any atom is 0.183 e. The molecule has 1 aliphatic rings. The number of halogens is 2. The Morgan fingerprint density at radius 2 is 1.58 bits per heavy atom. The number of hydrogen-bond donors (Lipinski definition) is 0. The molecular weight excluding hydrogens is 441 g/mol. The number of hydrogen-bond acceptors (Lipinski definition) is 2. The van der Waals surface area contributed by atoms with Crippen LogP contribution < -0.4 is 0 Å². The Kier molecular flexibility index (Phi) is 8.68. The van der Waals surface area contributed by atoms with Crippen LogP contribution in [0.2, 0.25) is 29.7 Å². The molecule has 0 aliphatic heterocycles. The lowest BCUT2D eigenvalue weighted by Crippen LogP contribution is -2.37. The molecule has 0 N–H and O–H groups in total. The van der Waals surface area contributed by atoms with Crippen LogP contribution in [0.25, 0.3) is 11.1 Å². The van der Waals surface area contributed by atoms with E-state index >= 15 is 0 Å². The van der Waals surface area contributed by atoms with Crippen LogP contribution in [0.4, 0.5) is 0 Å². The molecule has 0 fully saturated rings. The van der Waals surface area contributed by atoms with Crippen LogP contribution in [0.5, 0.6) is 0 Å². The lowest BCUT2D eigenvalue weighted by molar-refractivity contribution is 0.128. The normalized spacial score (nSPS) is 14.1. The van der Waals surface area contributed by atoms with Gasteiger partial charge in [0.05, 0.1) is 12.6 Å². The van der Waals surface area contributed by atoms with Gasteiger partial charge >= 0.3 is 0 Å². The number of nitrogens with zero attached hydrogens (tertiary/aromatic N) is 1. The SMILES string of the molecule is CCCCN(CCCC)C(CO[Si](C)(C)C)c1cc(Cl)cc2c1-c1ccc(Cl)cc1C2. The van der Waals surface area contributed by atoms with Crippen molar-refractivity contribution in [2.24, 2.45) is 0 Å². The molecular formula is C26H37Cl2NOSi. The summed E-state index contributed by atoms with van der Waals surface area (Å²) in [4.78, 5) is 2.65. The number of fused-ring (bicyclic) bond motifs is 3. The second-order valence-corrected chi connectivity index (χ2v) is 15.1. The molecule has 3 rings (SSSR count). The Morgan fingerprint density at radius 3 is 2.19 bits per heavy atom. The van der Waals surface area contributed by atoms with Gasteiger partial charge in [0, 0.05) is 10.0 Å². The first-order valence-corrected chi connectivity index (χ1v) is 15.9. The van der Waals surface area contributed by atoms with E-state index in [0.717, 1.165) is 36.2 Å². The fourth-order valence-electron chi connectivity index (χ4n) is 4.44. The molecule has 31 heavy (non-hydrogen) atoms. The van der Waals surface area contributed by atoms with Crippen LogP contribution in [0, 0.1) is 0 Å². The largest absolute Gasteiger partial charge is 0.416 e. The van der Waals surface area contributed by atoms with Gasteiger partial charge in [-0.1, -0.05) is 56.0 Å². The summed E-state index contributed by atoms with van der Waals surface area (Å²) in [5.74, 6) is 0. The molecule has 1 aliphatic carbocycles. The number of unbranched alkanes of at least 4 members (excludes halogenated alkanes) is 2. The van der Waals surface area contributed by atoms with Crippen LogP contribution in [0.3, 0.4) is 0 Å². The van der Waals surface area contributed by atoms with Crippen LogP contribution in [-0.4, -0.2) is 32.9 Å². The van der Waals surface area contributed by atoms with Gasteiger partial charge in [0.15, 0.2) is 8.32 Å². The van der Waals surface area contributed by atoms with Crippen LogP contribution in [0.1, 0.15) is 62.3 Å². The van der Waals surface area contributed by atoms with E-state index in [-0.39, 0.29) is 6.04 Å². The predicted molar refractivity (Wildman–Crippen MR) is 138 cm³/mol. The van der Waals surface area contributed by atoms with E-state index in [1.165, 1.54) is 53.5 Å². The zero-order valence-corrected chi connectivity index (χ0v) is 22.2. The van der Waals surface area contributed by atoms with E-state index in [0.29, 0.717) is 0 Å². The van der Waals surface area contributed by atoms with Gasteiger partial charge in [0.1, 0.15) is 0 Å². The summed E-state index contributed by atoms with van der Waals surface area (Å²) in [6, 6.07) is 10.8. The van der Waals surface area contributed by atoms with Crippen molar-refractivity contribution >= 4 is 31.5 Å². The van der Waals surface area contributed by atoms with Crippen LogP contribution >= 0.6 is 23.2 Å². The van der Waals surface area contributed by atoms with Gasteiger partial charge in [-0.05, 0) is 104 Å². The Bertz CT molecular complexity index is 886. The molecule has 2 aromatic carbocycles. The maximum absolute atomic E-state index is 6.67. The summed E-state index contributed by atoms with van der Waals surface area (Å²) in [5.41, 5.74) is 6.57. The Labute approximate surface area is 200 Å². The zero-order valence-electron chi connectivity index (χ0n) is 19.7. The summed E-state index contributed by atoms with van der Waals surface area (Å²) < 4.78 is 6.53. The topological polar surface area (TPSA) is 12.5 Å². The molecule has 0 heterocycles. The highest BCUT2D eigenvalue weighted by molar-refractivity contribution is 6.69. The van der Waals surface area contributed by atoms with E-state index in [2.05, 4.69) is 62.7 Å². The summed E-state index contributed by atoms with van der Waals surface area (Å²) in [6.45, 7) is 14.2. The average molecular weight is 479 g/mol. The Hall–Kier alpha value is -0.843. The monoisotopic (exact) mass is 477 g/mol. The quantitative estimate of drug-likeness (QED) is 0.257. The molecule has 0 spiro atoms. The second kappa shape index (κ2) is 10.9. The van der Waals surface area contributed by atoms with E-state index in [1.54, 1.807) is 0 Å². The van der Waals surface area contributed by atoms with Gasteiger partial charge in [0.25, 0.3) is 0 Å². The van der Waals surface area contributed by atoms with Crippen molar-refractivity contribution in [1.82, 2.24) is 4.90 Å². The summed E-state index contributed by atoms with van der Waals surface area (Å²) in [7, 11) is -1.66. The molecule has 1 atom stereocenters. The minimum absolute atomic E-state index is 0.207. The molecule has 5 heteroatoms. The van der Waals surface area contributed by atoms with Gasteiger partial charge in [-0.25, -0.2) is 0 Å². The molecule has 0 amide bonds. The third kappa shape index (κ3) is 6.36. The van der Waals surface area contributed by atoms with E-state index < -0.39 is 8.32 Å². The first-order valence-electron chi connectivity index (χ1n) is 11.7. The molecule has 2 nitrogen and oxygen atoms in total. The fourth-order valence-corrected chi connectivity index (χ4v) is 5.54. The highest BCUT2D eigenvalue weighted by Crippen LogP contribution is 2.44. The van der Waals surface area contributed by atoms with Crippen molar-refractivity contribution in [1.29, 1.82) is 0 Å². The van der Waals surface area contributed by atoms with E-state index in [9.17, 15) is 0 Å². The maximum atomic E-state index is 6.67. The smallest absolute Gasteiger partial charge is 0.183 e. The third-order valence-electron chi connectivity index (χ3n) is 6.00. The van der Waals surface area contributed by atoms with Crippen molar-refractivity contribution in [2.45, 2.75) is 71.6 Å². The second-order valence-electron chi connectivity index (χ2n) is 9.69. The molecule has 1 unspecified atom stereocenters. The molecule has 0 saturated heterocycles. The van der Waals surface area contributed by atoms with Crippen LogP contribution in [-0.2, 0) is 10.8 Å². The van der Waals surface area contributed by atoms with Gasteiger partial charge < -0.3 is 4.43 Å². The van der Waals surface area contributed by atoms with Crippen molar-refractivity contribution in [2.75, 3.05) is 19.7 Å². The molecule has 0 bridgehead atoms. The fraction of sp³-hybridized carbons (Fsp3) is 0.538. The van der Waals surface area contributed by atoms with Crippen molar-refractivity contribution < 1.29 is 4.43 Å². The first kappa shape index (κ1) is 24.8. The summed E-state index contributed by atoms with van der Waals surface area (Å²) in [5, 5.41) is 1.61. The van der Waals surface area contributed by atoms with E-state index in [4.69, 9.17) is 27.6 Å². The molecule has 2 aromatic rings. The van der Waals surface area contributed by atoms with Gasteiger partial charge in [-0.15, -0.1) is 0 Å². The van der Waals surface area contributed by atoms with Crippen LogP contribution in [0.15, 0.2) is 30.3 Å². The Balaban J connectivity index is 2.09. The highest BCUT2D eigenvalue weighted by Gasteiger charge is 2.30. The lowest BCUT2D eigenvalue weighted by atomic mass is 9.93. The van der Waals surface area contributed by atoms with Gasteiger partial charge in [-0.2, -0.15) is 0 Å². The van der Waals surface area contributed by atoms with Gasteiger partial charge in [-0.3, -0.25) is 4.90 Å². The molecule has 0 aromatic heterocycles. The molecule has 0 radical (unpaired) electrons. The van der Waals surface area contributed by atoms with Crippen molar-refractivity contribution in [3.05, 3.63) is 57.1 Å². The number of benzene rings is 2. The summed E-state index contributed by atoms with van der Waals surface area (Å²) in [6.07, 6.45) is 5.67. The standard InChI is InChI=1S/C26H37Cl2NOSi/c1-6-8-12-29(13-9-7-2)25(18-30-31(3,4)5)24-17-22(28)16-20-14-19-15-21(27)10-11-23(19)26(20)24/h10-11,15-17,25H,6-9,12-14,18H2,1-5H3. The minimum atomic E-state index is -1.66.